The molecule has 0 unspecified atom stereocenters. The van der Waals surface area contributed by atoms with Gasteiger partial charge in [0.2, 0.25) is 0 Å². The topological polar surface area (TPSA) is 8.17 Å². The first kappa shape index (κ1) is 30.0. The van der Waals surface area contributed by atoms with E-state index in [0.717, 1.165) is 11.4 Å². The van der Waals surface area contributed by atoms with Crippen molar-refractivity contribution >= 4 is 91.9 Å². The van der Waals surface area contributed by atoms with Gasteiger partial charge in [-0.05, 0) is 105 Å². The summed E-state index contributed by atoms with van der Waals surface area (Å²) in [6.07, 6.45) is 0. The van der Waals surface area contributed by atoms with Crippen LogP contribution in [0.15, 0.2) is 194 Å². The second kappa shape index (κ2) is 11.9. The van der Waals surface area contributed by atoms with Crippen LogP contribution in [-0.2, 0) is 0 Å². The molecule has 9 aromatic carbocycles. The standard InChI is InChI=1S/C50H32N2S/c1-2-12-37(13-3-1)52-45-17-8-6-15-41(45)44-31-36(26-30-46(44)52)33-23-27-38(28-24-33)51(47-18-10-20-49-50(47)42-16-7-9-19-48(42)53-49)39-29-25-35-22-21-34-11-4-5-14-40(34)43(35)32-39/h1-32H. The summed E-state index contributed by atoms with van der Waals surface area (Å²) in [7, 11) is 0. The summed E-state index contributed by atoms with van der Waals surface area (Å²) in [6.45, 7) is 0. The molecule has 2 nitrogen and oxygen atoms in total. The van der Waals surface area contributed by atoms with Crippen molar-refractivity contribution in [1.29, 1.82) is 0 Å². The molecule has 11 aromatic rings. The van der Waals surface area contributed by atoms with Gasteiger partial charge in [-0.3, -0.25) is 0 Å². The van der Waals surface area contributed by atoms with Gasteiger partial charge in [0, 0.05) is 48.0 Å². The second-order valence-corrected chi connectivity index (χ2v) is 14.8. The van der Waals surface area contributed by atoms with Crippen LogP contribution >= 0.6 is 11.3 Å². The van der Waals surface area contributed by atoms with Crippen molar-refractivity contribution in [3.05, 3.63) is 194 Å². The van der Waals surface area contributed by atoms with Crippen molar-refractivity contribution in [1.82, 2.24) is 4.57 Å². The molecule has 0 spiro atoms. The van der Waals surface area contributed by atoms with E-state index in [4.69, 9.17) is 0 Å². The Morgan fingerprint density at radius 2 is 1.02 bits per heavy atom. The normalized spacial score (nSPS) is 11.8. The monoisotopic (exact) mass is 692 g/mol. The molecule has 2 aromatic heterocycles. The fourth-order valence-corrected chi connectivity index (χ4v) is 9.44. The Morgan fingerprint density at radius 1 is 0.377 bits per heavy atom. The molecule has 0 fully saturated rings. The Balaban J connectivity index is 1.09. The minimum atomic E-state index is 1.12. The van der Waals surface area contributed by atoms with Crippen LogP contribution in [0.25, 0.3) is 80.3 Å². The Hall–Kier alpha value is -6.68. The Labute approximate surface area is 311 Å². The fourth-order valence-electron chi connectivity index (χ4n) is 8.31. The third-order valence-electron chi connectivity index (χ3n) is 10.8. The summed E-state index contributed by atoms with van der Waals surface area (Å²) in [5.74, 6) is 0. The highest BCUT2D eigenvalue weighted by Gasteiger charge is 2.20. The number of thiophene rings is 1. The molecule has 0 saturated heterocycles. The summed E-state index contributed by atoms with van der Waals surface area (Å²) >= 11 is 1.86. The van der Waals surface area contributed by atoms with Gasteiger partial charge < -0.3 is 9.47 Å². The van der Waals surface area contributed by atoms with Gasteiger partial charge in [-0.1, -0.05) is 121 Å². The number of benzene rings is 9. The molecule has 248 valence electrons. The van der Waals surface area contributed by atoms with Crippen LogP contribution in [0.5, 0.6) is 0 Å². The maximum absolute atomic E-state index is 2.45. The number of hydrogen-bond donors (Lipinski definition) is 0. The summed E-state index contributed by atoms with van der Waals surface area (Å²) in [6, 6.07) is 71.0. The van der Waals surface area contributed by atoms with Gasteiger partial charge in [0.05, 0.1) is 16.7 Å². The molecule has 0 radical (unpaired) electrons. The third kappa shape index (κ3) is 4.78. The molecule has 0 aliphatic rings. The van der Waals surface area contributed by atoms with Gasteiger partial charge in [0.25, 0.3) is 0 Å². The molecule has 0 atom stereocenters. The quantitative estimate of drug-likeness (QED) is 0.163. The molecule has 0 amide bonds. The lowest BCUT2D eigenvalue weighted by molar-refractivity contribution is 1.18. The van der Waals surface area contributed by atoms with Crippen LogP contribution in [-0.4, -0.2) is 4.57 Å². The summed E-state index contributed by atoms with van der Waals surface area (Å²) in [4.78, 5) is 2.45. The number of anilines is 3. The van der Waals surface area contributed by atoms with E-state index in [-0.39, 0.29) is 0 Å². The molecule has 2 heterocycles. The lowest BCUT2D eigenvalue weighted by atomic mass is 10.00. The van der Waals surface area contributed by atoms with Crippen LogP contribution < -0.4 is 4.90 Å². The maximum Gasteiger partial charge on any atom is 0.0554 e. The second-order valence-electron chi connectivity index (χ2n) is 13.7. The molecule has 3 heteroatoms. The smallest absolute Gasteiger partial charge is 0.0554 e. The first-order valence-electron chi connectivity index (χ1n) is 18.1. The number of nitrogens with zero attached hydrogens (tertiary/aromatic N) is 2. The SMILES string of the molecule is c1ccc(-n2c3ccccc3c3cc(-c4ccc(N(c5ccc6ccc7ccccc7c6c5)c5cccc6sc7ccccc7c56)cc4)ccc32)cc1. The summed E-state index contributed by atoms with van der Waals surface area (Å²) < 4.78 is 4.97. The summed E-state index contributed by atoms with van der Waals surface area (Å²) in [5.41, 5.74) is 9.44. The first-order valence-corrected chi connectivity index (χ1v) is 18.9. The fraction of sp³-hybridized carbons (Fsp3) is 0. The molecule has 0 aliphatic heterocycles. The van der Waals surface area contributed by atoms with Crippen molar-refractivity contribution < 1.29 is 0 Å². The van der Waals surface area contributed by atoms with Crippen molar-refractivity contribution in [2.45, 2.75) is 0 Å². The van der Waals surface area contributed by atoms with E-state index >= 15 is 0 Å². The minimum absolute atomic E-state index is 1.12. The van der Waals surface area contributed by atoms with E-state index in [1.807, 2.05) is 11.3 Å². The largest absolute Gasteiger partial charge is 0.310 e. The molecular formula is C50H32N2S. The van der Waals surface area contributed by atoms with E-state index in [1.54, 1.807) is 0 Å². The van der Waals surface area contributed by atoms with E-state index in [0.29, 0.717) is 0 Å². The lowest BCUT2D eigenvalue weighted by Crippen LogP contribution is -2.10. The summed E-state index contributed by atoms with van der Waals surface area (Å²) in [5, 5.41) is 10.1. The third-order valence-corrected chi connectivity index (χ3v) is 11.9. The predicted octanol–water partition coefficient (Wildman–Crippen LogP) is 14.6. The van der Waals surface area contributed by atoms with Gasteiger partial charge in [0.1, 0.15) is 0 Å². The average molecular weight is 693 g/mol. The van der Waals surface area contributed by atoms with Crippen LogP contribution in [0.3, 0.4) is 0 Å². The molecule has 0 aliphatic carbocycles. The lowest BCUT2D eigenvalue weighted by Gasteiger charge is -2.27. The van der Waals surface area contributed by atoms with Crippen LogP contribution in [0.2, 0.25) is 0 Å². The molecule has 0 bridgehead atoms. The maximum atomic E-state index is 2.45. The Morgan fingerprint density at radius 3 is 1.89 bits per heavy atom. The van der Waals surface area contributed by atoms with E-state index in [9.17, 15) is 0 Å². The average Bonchev–Trinajstić information content (AvgIpc) is 3.77. The molecule has 11 rings (SSSR count). The highest BCUT2D eigenvalue weighted by Crippen LogP contribution is 2.46. The Kier molecular flexibility index (Phi) is 6.76. The first-order chi connectivity index (χ1) is 26.3. The van der Waals surface area contributed by atoms with E-state index < -0.39 is 0 Å². The van der Waals surface area contributed by atoms with Crippen molar-refractivity contribution in [2.75, 3.05) is 4.90 Å². The van der Waals surface area contributed by atoms with Gasteiger partial charge in [-0.25, -0.2) is 0 Å². The zero-order valence-electron chi connectivity index (χ0n) is 28.8. The number of hydrogen-bond acceptors (Lipinski definition) is 2. The molecule has 53 heavy (non-hydrogen) atoms. The van der Waals surface area contributed by atoms with Crippen LogP contribution in [0, 0.1) is 0 Å². The molecule has 0 N–H and O–H groups in total. The van der Waals surface area contributed by atoms with Crippen molar-refractivity contribution in [2.24, 2.45) is 0 Å². The highest BCUT2D eigenvalue weighted by molar-refractivity contribution is 7.26. The number of para-hydroxylation sites is 2. The van der Waals surface area contributed by atoms with Gasteiger partial charge in [-0.2, -0.15) is 0 Å². The number of rotatable bonds is 5. The Bertz CT molecular complexity index is 3170. The minimum Gasteiger partial charge on any atom is -0.310 e. The zero-order valence-corrected chi connectivity index (χ0v) is 29.6. The van der Waals surface area contributed by atoms with Crippen LogP contribution in [0.4, 0.5) is 17.1 Å². The number of aromatic nitrogens is 1. The highest BCUT2D eigenvalue weighted by atomic mass is 32.1. The van der Waals surface area contributed by atoms with Crippen molar-refractivity contribution in [3.63, 3.8) is 0 Å². The number of fused-ring (bicyclic) bond motifs is 9. The zero-order chi connectivity index (χ0) is 34.9. The molecular weight excluding hydrogens is 661 g/mol. The van der Waals surface area contributed by atoms with Gasteiger partial charge in [-0.15, -0.1) is 11.3 Å². The van der Waals surface area contributed by atoms with E-state index in [2.05, 4.69) is 204 Å². The molecule has 0 saturated carbocycles. The van der Waals surface area contributed by atoms with Crippen molar-refractivity contribution in [3.8, 4) is 16.8 Å². The predicted molar refractivity (Wildman–Crippen MR) is 229 cm³/mol. The van der Waals surface area contributed by atoms with Gasteiger partial charge in [0.15, 0.2) is 0 Å². The van der Waals surface area contributed by atoms with E-state index in [1.165, 1.54) is 86.0 Å². The van der Waals surface area contributed by atoms with Crippen LogP contribution in [0.1, 0.15) is 0 Å². The van der Waals surface area contributed by atoms with Gasteiger partial charge >= 0.3 is 0 Å².